The Bertz CT molecular complexity index is 1100. The molecule has 0 fully saturated rings. The van der Waals surface area contributed by atoms with E-state index in [4.69, 9.17) is 9.47 Å². The average molecular weight is 389 g/mol. The first kappa shape index (κ1) is 20.1. The SMILES string of the molecule is C.C[n+]1cccc(C(=O)OCn2ccc3cc(OCc4ccccc4)ccc32)c1. The first-order valence-corrected chi connectivity index (χ1v) is 9.07. The molecule has 5 heteroatoms. The molecule has 0 bridgehead atoms. The number of carbonyl (C=O) groups excluding carboxylic acids is 1. The molecule has 0 aliphatic heterocycles. The van der Waals surface area contributed by atoms with Crippen LogP contribution in [0.2, 0.25) is 0 Å². The van der Waals surface area contributed by atoms with E-state index in [1.165, 1.54) is 0 Å². The lowest BCUT2D eigenvalue weighted by molar-refractivity contribution is -0.671. The number of nitrogens with zero attached hydrogens (tertiary/aromatic N) is 2. The number of aryl methyl sites for hydroxylation is 1. The van der Waals surface area contributed by atoms with Crippen LogP contribution in [0.4, 0.5) is 0 Å². The van der Waals surface area contributed by atoms with E-state index in [9.17, 15) is 4.79 Å². The molecule has 29 heavy (non-hydrogen) atoms. The number of rotatable bonds is 6. The van der Waals surface area contributed by atoms with E-state index in [1.807, 2.05) is 89.2 Å². The Hall–Kier alpha value is -3.60. The summed E-state index contributed by atoms with van der Waals surface area (Å²) in [5.41, 5.74) is 2.64. The first-order valence-electron chi connectivity index (χ1n) is 9.07. The van der Waals surface area contributed by atoms with Gasteiger partial charge in [-0.2, -0.15) is 0 Å². The summed E-state index contributed by atoms with van der Waals surface area (Å²) in [4.78, 5) is 12.2. The summed E-state index contributed by atoms with van der Waals surface area (Å²) in [6.45, 7) is 0.685. The van der Waals surface area contributed by atoms with Gasteiger partial charge >= 0.3 is 5.97 Å². The zero-order valence-electron chi connectivity index (χ0n) is 15.6. The van der Waals surface area contributed by atoms with Crippen LogP contribution in [0.1, 0.15) is 23.3 Å². The number of hydrogen-bond donors (Lipinski definition) is 0. The summed E-state index contributed by atoms with van der Waals surface area (Å²) in [7, 11) is 1.87. The van der Waals surface area contributed by atoms with Crippen molar-refractivity contribution in [2.24, 2.45) is 7.05 Å². The van der Waals surface area contributed by atoms with Crippen molar-refractivity contribution in [2.75, 3.05) is 0 Å². The summed E-state index contributed by atoms with van der Waals surface area (Å²) in [6.07, 6.45) is 5.52. The molecule has 148 valence electrons. The largest absolute Gasteiger partial charge is 0.489 e. The molecule has 2 aromatic carbocycles. The molecule has 0 saturated heterocycles. The standard InChI is InChI=1S/C23H21N2O3.CH4/c1-24-12-5-8-20(15-24)23(26)28-17-25-13-11-19-14-21(9-10-22(19)25)27-16-18-6-3-2-4-7-18;/h2-15H,16-17H2,1H3;1H4/q+1;. The van der Waals surface area contributed by atoms with Gasteiger partial charge in [0, 0.05) is 17.6 Å². The minimum atomic E-state index is -0.346. The maximum Gasteiger partial charge on any atom is 0.345 e. The maximum absolute atomic E-state index is 12.2. The molecule has 0 radical (unpaired) electrons. The van der Waals surface area contributed by atoms with Gasteiger partial charge in [-0.1, -0.05) is 37.8 Å². The number of ether oxygens (including phenoxy) is 2. The molecule has 0 atom stereocenters. The highest BCUT2D eigenvalue weighted by molar-refractivity contribution is 5.88. The Kier molecular flexibility index (Phi) is 6.29. The van der Waals surface area contributed by atoms with Gasteiger partial charge in [0.05, 0.1) is 5.52 Å². The lowest BCUT2D eigenvalue weighted by Gasteiger charge is -2.09. The smallest absolute Gasteiger partial charge is 0.345 e. The van der Waals surface area contributed by atoms with Crippen LogP contribution in [0, 0.1) is 0 Å². The Morgan fingerprint density at radius 3 is 2.66 bits per heavy atom. The monoisotopic (exact) mass is 389 g/mol. The van der Waals surface area contributed by atoms with E-state index in [0.29, 0.717) is 12.2 Å². The molecule has 0 aliphatic rings. The number of aromatic nitrogens is 2. The van der Waals surface area contributed by atoms with Gasteiger partial charge in [0.1, 0.15) is 25.0 Å². The normalized spacial score (nSPS) is 10.4. The molecule has 4 rings (SSSR count). The van der Waals surface area contributed by atoms with Gasteiger partial charge in [0.25, 0.3) is 0 Å². The van der Waals surface area contributed by atoms with Crippen molar-refractivity contribution in [1.29, 1.82) is 0 Å². The van der Waals surface area contributed by atoms with Crippen LogP contribution in [0.15, 0.2) is 85.3 Å². The number of pyridine rings is 1. The van der Waals surface area contributed by atoms with Crippen LogP contribution in [0.5, 0.6) is 5.75 Å². The summed E-state index contributed by atoms with van der Waals surface area (Å²) < 4.78 is 15.0. The van der Waals surface area contributed by atoms with Gasteiger partial charge in [-0.05, 0) is 35.9 Å². The van der Waals surface area contributed by atoms with E-state index in [2.05, 4.69) is 0 Å². The van der Waals surface area contributed by atoms with Crippen LogP contribution in [-0.2, 0) is 25.1 Å². The highest BCUT2D eigenvalue weighted by Gasteiger charge is 2.11. The van der Waals surface area contributed by atoms with Crippen LogP contribution < -0.4 is 9.30 Å². The van der Waals surface area contributed by atoms with Gasteiger partial charge in [-0.3, -0.25) is 0 Å². The van der Waals surface area contributed by atoms with Crippen molar-refractivity contribution in [1.82, 2.24) is 4.57 Å². The van der Waals surface area contributed by atoms with Gasteiger partial charge in [0.15, 0.2) is 19.1 Å². The van der Waals surface area contributed by atoms with E-state index in [0.717, 1.165) is 22.2 Å². The van der Waals surface area contributed by atoms with Gasteiger partial charge in [-0.15, -0.1) is 0 Å². The molecule has 0 saturated carbocycles. The number of fused-ring (bicyclic) bond motifs is 1. The molecule has 5 nitrogen and oxygen atoms in total. The molecule has 0 N–H and O–H groups in total. The predicted octanol–water partition coefficient (Wildman–Crippen LogP) is 4.50. The lowest BCUT2D eigenvalue weighted by Crippen LogP contribution is -2.28. The number of esters is 1. The topological polar surface area (TPSA) is 44.3 Å². The van der Waals surface area contributed by atoms with Crippen molar-refractivity contribution in [3.8, 4) is 5.75 Å². The number of carbonyl (C=O) groups is 1. The average Bonchev–Trinajstić information content (AvgIpc) is 3.13. The second-order valence-electron chi connectivity index (χ2n) is 6.60. The molecule has 0 spiro atoms. The van der Waals surface area contributed by atoms with Gasteiger partial charge in [-0.25, -0.2) is 9.36 Å². The Balaban J connectivity index is 0.00000240. The van der Waals surface area contributed by atoms with E-state index in [1.54, 1.807) is 12.3 Å². The summed E-state index contributed by atoms with van der Waals surface area (Å²) in [5.74, 6) is 0.462. The number of benzene rings is 2. The van der Waals surface area contributed by atoms with Crippen LogP contribution >= 0.6 is 0 Å². The Labute approximate surface area is 170 Å². The lowest BCUT2D eigenvalue weighted by atomic mass is 10.2. The summed E-state index contributed by atoms with van der Waals surface area (Å²) >= 11 is 0. The molecule has 0 amide bonds. The van der Waals surface area contributed by atoms with Crippen LogP contribution in [-0.4, -0.2) is 10.5 Å². The molecular weight excluding hydrogens is 364 g/mol. The fraction of sp³-hybridized carbons (Fsp3) is 0.167. The quantitative estimate of drug-likeness (QED) is 0.360. The summed E-state index contributed by atoms with van der Waals surface area (Å²) in [6, 6.07) is 21.5. The van der Waals surface area contributed by atoms with Crippen molar-refractivity contribution in [3.63, 3.8) is 0 Å². The highest BCUT2D eigenvalue weighted by atomic mass is 16.5. The highest BCUT2D eigenvalue weighted by Crippen LogP contribution is 2.23. The minimum absolute atomic E-state index is 0. The third-order valence-corrected chi connectivity index (χ3v) is 4.50. The van der Waals surface area contributed by atoms with E-state index in [-0.39, 0.29) is 20.1 Å². The molecule has 4 aromatic rings. The van der Waals surface area contributed by atoms with Gasteiger partial charge in [0.2, 0.25) is 0 Å². The van der Waals surface area contributed by atoms with Crippen molar-refractivity contribution >= 4 is 16.9 Å². The minimum Gasteiger partial charge on any atom is -0.489 e. The molecule has 0 unspecified atom stereocenters. The zero-order chi connectivity index (χ0) is 19.3. The predicted molar refractivity (Wildman–Crippen MR) is 112 cm³/mol. The second kappa shape index (κ2) is 9.06. The van der Waals surface area contributed by atoms with Crippen molar-refractivity contribution < 1.29 is 18.8 Å². The summed E-state index contributed by atoms with van der Waals surface area (Å²) in [5, 5.41) is 1.03. The van der Waals surface area contributed by atoms with Crippen LogP contribution in [0.3, 0.4) is 0 Å². The molecule has 2 aromatic heterocycles. The van der Waals surface area contributed by atoms with E-state index < -0.39 is 0 Å². The third kappa shape index (κ3) is 4.82. The van der Waals surface area contributed by atoms with Crippen LogP contribution in [0.25, 0.3) is 10.9 Å². The molecule has 0 aliphatic carbocycles. The Morgan fingerprint density at radius 1 is 1.03 bits per heavy atom. The van der Waals surface area contributed by atoms with E-state index >= 15 is 0 Å². The maximum atomic E-state index is 12.2. The zero-order valence-corrected chi connectivity index (χ0v) is 15.6. The fourth-order valence-electron chi connectivity index (χ4n) is 3.04. The fourth-order valence-corrected chi connectivity index (χ4v) is 3.04. The molecular formula is C24H25N2O3+. The second-order valence-corrected chi connectivity index (χ2v) is 6.60. The van der Waals surface area contributed by atoms with Crippen molar-refractivity contribution in [3.05, 3.63) is 96.4 Å². The molecule has 2 heterocycles. The van der Waals surface area contributed by atoms with Gasteiger partial charge < -0.3 is 14.0 Å². The number of hydrogen-bond acceptors (Lipinski definition) is 3. The third-order valence-electron chi connectivity index (χ3n) is 4.50. The van der Waals surface area contributed by atoms with Crippen molar-refractivity contribution in [2.45, 2.75) is 20.8 Å². The first-order chi connectivity index (χ1) is 13.7. The Morgan fingerprint density at radius 2 is 1.86 bits per heavy atom.